The quantitative estimate of drug-likeness (QED) is 0.626. The fourth-order valence-corrected chi connectivity index (χ4v) is 1.71. The molecule has 0 aromatic rings. The molecule has 0 unspecified atom stereocenters. The fourth-order valence-electron chi connectivity index (χ4n) is 1.71. The minimum atomic E-state index is 0.638. The molecule has 0 bridgehead atoms. The topological polar surface area (TPSA) is 18.5 Å². The molecule has 0 spiro atoms. The van der Waals surface area contributed by atoms with Crippen LogP contribution in [-0.2, 0) is 0 Å². The zero-order chi connectivity index (χ0) is 8.97. The molecule has 12 heavy (non-hydrogen) atoms. The molecule has 0 aliphatic carbocycles. The van der Waals surface area contributed by atoms with Gasteiger partial charge in [0.1, 0.15) is 0 Å². The average molecular weight is 169 g/mol. The van der Waals surface area contributed by atoms with Crippen LogP contribution >= 0.6 is 0 Å². The summed E-state index contributed by atoms with van der Waals surface area (Å²) in [4.78, 5) is 0. The van der Waals surface area contributed by atoms with E-state index < -0.39 is 0 Å². The number of rotatable bonds is 3. The lowest BCUT2D eigenvalue weighted by Gasteiger charge is -2.37. The third-order valence-corrected chi connectivity index (χ3v) is 2.33. The summed E-state index contributed by atoms with van der Waals surface area (Å²) in [5.41, 5.74) is 0. The molecule has 1 N–H and O–H groups in total. The molecular formula is C9H19N3. The molecular weight excluding hydrogens is 150 g/mol. The fraction of sp³-hybridized carbons (Fsp3) is 0.778. The van der Waals surface area contributed by atoms with Crippen molar-refractivity contribution in [3.8, 4) is 0 Å². The number of hydrazine groups is 1. The molecule has 70 valence electrons. The molecule has 1 rings (SSSR count). The predicted molar refractivity (Wildman–Crippen MR) is 51.6 cm³/mol. The Hall–Kier alpha value is -0.540. The maximum absolute atomic E-state index is 3.82. The lowest BCUT2D eigenvalue weighted by molar-refractivity contribution is 0.0224. The molecule has 0 amide bonds. The Kier molecular flexibility index (Phi) is 3.56. The van der Waals surface area contributed by atoms with Gasteiger partial charge in [-0.15, -0.1) is 0 Å². The van der Waals surface area contributed by atoms with Crippen LogP contribution in [-0.4, -0.2) is 43.2 Å². The van der Waals surface area contributed by atoms with Crippen LogP contribution in [0.15, 0.2) is 12.8 Å². The van der Waals surface area contributed by atoms with E-state index in [1.54, 1.807) is 0 Å². The molecule has 1 heterocycles. The third-order valence-electron chi connectivity index (χ3n) is 2.33. The van der Waals surface area contributed by atoms with E-state index in [1.165, 1.54) is 12.8 Å². The van der Waals surface area contributed by atoms with Crippen LogP contribution in [0, 0.1) is 0 Å². The standard InChI is InChI=1S/C9H19N3/c1-4-12(11(2)3)9-5-7-10-8-6-9/h4,9-10H,1,5-8H2,2-3H3. The van der Waals surface area contributed by atoms with E-state index in [1.807, 2.05) is 6.20 Å². The molecule has 0 atom stereocenters. The Morgan fingerprint density at radius 3 is 2.33 bits per heavy atom. The summed E-state index contributed by atoms with van der Waals surface area (Å²) in [7, 11) is 4.12. The first kappa shape index (κ1) is 9.55. The largest absolute Gasteiger partial charge is 0.317 e. The van der Waals surface area contributed by atoms with Crippen LogP contribution in [0.1, 0.15) is 12.8 Å². The van der Waals surface area contributed by atoms with Crippen molar-refractivity contribution >= 4 is 0 Å². The number of nitrogens with one attached hydrogen (secondary N) is 1. The van der Waals surface area contributed by atoms with Gasteiger partial charge in [0, 0.05) is 26.3 Å². The molecule has 0 aromatic heterocycles. The van der Waals surface area contributed by atoms with E-state index >= 15 is 0 Å². The summed E-state index contributed by atoms with van der Waals surface area (Å²) >= 11 is 0. The van der Waals surface area contributed by atoms with E-state index in [-0.39, 0.29) is 0 Å². The van der Waals surface area contributed by atoms with Gasteiger partial charge in [-0.1, -0.05) is 6.58 Å². The summed E-state index contributed by atoms with van der Waals surface area (Å²) in [6, 6.07) is 0.638. The average Bonchev–Trinajstić information content (AvgIpc) is 2.07. The first-order valence-electron chi connectivity index (χ1n) is 4.54. The van der Waals surface area contributed by atoms with Crippen molar-refractivity contribution < 1.29 is 0 Å². The first-order valence-corrected chi connectivity index (χ1v) is 4.54. The second-order valence-corrected chi connectivity index (χ2v) is 3.39. The van der Waals surface area contributed by atoms with Gasteiger partial charge in [0.05, 0.1) is 0 Å². The molecule has 1 fully saturated rings. The summed E-state index contributed by atoms with van der Waals surface area (Å²) in [6.45, 7) is 6.08. The van der Waals surface area contributed by atoms with E-state index in [9.17, 15) is 0 Å². The molecule has 0 aromatic carbocycles. The Morgan fingerprint density at radius 1 is 1.33 bits per heavy atom. The van der Waals surface area contributed by atoms with Crippen molar-refractivity contribution in [2.45, 2.75) is 18.9 Å². The van der Waals surface area contributed by atoms with Crippen LogP contribution in [0.4, 0.5) is 0 Å². The lowest BCUT2D eigenvalue weighted by Crippen LogP contribution is -2.46. The highest BCUT2D eigenvalue weighted by Crippen LogP contribution is 2.12. The van der Waals surface area contributed by atoms with Gasteiger partial charge in [-0.2, -0.15) is 0 Å². The summed E-state index contributed by atoms with van der Waals surface area (Å²) < 4.78 is 0. The molecule has 3 nitrogen and oxygen atoms in total. The molecule has 1 saturated heterocycles. The summed E-state index contributed by atoms with van der Waals surface area (Å²) in [5.74, 6) is 0. The lowest BCUT2D eigenvalue weighted by atomic mass is 10.1. The smallest absolute Gasteiger partial charge is 0.0474 e. The number of piperidine rings is 1. The molecule has 0 radical (unpaired) electrons. The van der Waals surface area contributed by atoms with Gasteiger partial charge in [-0.3, -0.25) is 0 Å². The van der Waals surface area contributed by atoms with Gasteiger partial charge in [0.15, 0.2) is 0 Å². The third kappa shape index (κ3) is 2.22. The van der Waals surface area contributed by atoms with Gasteiger partial charge in [0.2, 0.25) is 0 Å². The molecule has 0 saturated carbocycles. The highest BCUT2D eigenvalue weighted by molar-refractivity contribution is 4.80. The van der Waals surface area contributed by atoms with E-state index in [4.69, 9.17) is 0 Å². The minimum absolute atomic E-state index is 0.638. The Bertz CT molecular complexity index is 139. The summed E-state index contributed by atoms with van der Waals surface area (Å²) in [6.07, 6.45) is 4.34. The van der Waals surface area contributed by atoms with Gasteiger partial charge < -0.3 is 10.3 Å². The summed E-state index contributed by atoms with van der Waals surface area (Å²) in [5, 5.41) is 7.66. The number of hydrogen-bond acceptors (Lipinski definition) is 3. The van der Waals surface area contributed by atoms with Crippen molar-refractivity contribution in [3.05, 3.63) is 12.8 Å². The van der Waals surface area contributed by atoms with Crippen LogP contribution < -0.4 is 5.32 Å². The normalized spacial score (nSPS) is 19.6. The van der Waals surface area contributed by atoms with Gasteiger partial charge in [-0.25, -0.2) is 5.01 Å². The van der Waals surface area contributed by atoms with Crippen LogP contribution in [0.3, 0.4) is 0 Å². The van der Waals surface area contributed by atoms with Gasteiger partial charge >= 0.3 is 0 Å². The van der Waals surface area contributed by atoms with E-state index in [2.05, 4.69) is 36.0 Å². The monoisotopic (exact) mass is 169 g/mol. The van der Waals surface area contributed by atoms with Crippen LogP contribution in [0.25, 0.3) is 0 Å². The highest BCUT2D eigenvalue weighted by Gasteiger charge is 2.18. The van der Waals surface area contributed by atoms with Crippen molar-refractivity contribution in [1.82, 2.24) is 15.3 Å². The first-order chi connectivity index (χ1) is 5.75. The van der Waals surface area contributed by atoms with E-state index in [0.717, 1.165) is 13.1 Å². The predicted octanol–water partition coefficient (Wildman–Crippen LogP) is 0.661. The minimum Gasteiger partial charge on any atom is -0.317 e. The maximum Gasteiger partial charge on any atom is 0.0474 e. The zero-order valence-corrected chi connectivity index (χ0v) is 8.08. The Balaban J connectivity index is 2.45. The second kappa shape index (κ2) is 4.48. The van der Waals surface area contributed by atoms with E-state index in [0.29, 0.717) is 6.04 Å². The van der Waals surface area contributed by atoms with Crippen molar-refractivity contribution in [1.29, 1.82) is 0 Å². The molecule has 1 aliphatic rings. The zero-order valence-electron chi connectivity index (χ0n) is 8.08. The second-order valence-electron chi connectivity index (χ2n) is 3.39. The Morgan fingerprint density at radius 2 is 1.92 bits per heavy atom. The Labute approximate surface area is 75.0 Å². The van der Waals surface area contributed by atoms with Crippen molar-refractivity contribution in [2.75, 3.05) is 27.2 Å². The molecule has 3 heteroatoms. The van der Waals surface area contributed by atoms with Crippen LogP contribution in [0.5, 0.6) is 0 Å². The number of nitrogens with zero attached hydrogens (tertiary/aromatic N) is 2. The maximum atomic E-state index is 3.82. The van der Waals surface area contributed by atoms with Crippen LogP contribution in [0.2, 0.25) is 0 Å². The van der Waals surface area contributed by atoms with Crippen molar-refractivity contribution in [3.63, 3.8) is 0 Å². The number of hydrogen-bond donors (Lipinski definition) is 1. The SMILES string of the molecule is C=CN(C1CCNCC1)N(C)C. The highest BCUT2D eigenvalue weighted by atomic mass is 15.6. The van der Waals surface area contributed by atoms with Crippen molar-refractivity contribution in [2.24, 2.45) is 0 Å². The van der Waals surface area contributed by atoms with Gasteiger partial charge in [0.25, 0.3) is 0 Å². The molecule has 1 aliphatic heterocycles. The van der Waals surface area contributed by atoms with Gasteiger partial charge in [-0.05, 0) is 25.9 Å².